The molecule has 0 aromatic carbocycles. The molecule has 2 atom stereocenters. The molecule has 1 aliphatic carbocycles. The van der Waals surface area contributed by atoms with Crippen molar-refractivity contribution in [3.05, 3.63) is 29.6 Å². The lowest BCUT2D eigenvalue weighted by molar-refractivity contribution is 0.0984. The van der Waals surface area contributed by atoms with E-state index in [4.69, 9.17) is 0 Å². The van der Waals surface area contributed by atoms with Crippen molar-refractivity contribution in [2.45, 2.75) is 72.3 Å². The van der Waals surface area contributed by atoms with E-state index >= 15 is 0 Å². The lowest BCUT2D eigenvalue weighted by atomic mass is 9.65. The van der Waals surface area contributed by atoms with Crippen LogP contribution in [0.15, 0.2) is 18.3 Å². The monoisotopic (exact) mass is 288 g/mol. The molecule has 1 N–H and O–H groups in total. The molecule has 0 radical (unpaired) electrons. The Hall–Kier alpha value is -0.890. The predicted octanol–water partition coefficient (Wildman–Crippen LogP) is 4.38. The van der Waals surface area contributed by atoms with E-state index in [1.165, 1.54) is 36.9 Å². The van der Waals surface area contributed by atoms with Crippen LogP contribution in [0.3, 0.4) is 0 Å². The van der Waals surface area contributed by atoms with Gasteiger partial charge < -0.3 is 5.32 Å². The van der Waals surface area contributed by atoms with Gasteiger partial charge in [0, 0.05) is 24.4 Å². The van der Waals surface area contributed by atoms with Crippen molar-refractivity contribution >= 4 is 0 Å². The number of pyridine rings is 1. The van der Waals surface area contributed by atoms with Gasteiger partial charge in [0.05, 0.1) is 0 Å². The van der Waals surface area contributed by atoms with E-state index in [0.717, 1.165) is 25.3 Å². The minimum atomic E-state index is 0.453. The van der Waals surface area contributed by atoms with E-state index in [1.54, 1.807) is 0 Å². The highest BCUT2D eigenvalue weighted by atomic mass is 14.9. The number of aryl methyl sites for hydroxylation is 1. The zero-order chi connectivity index (χ0) is 15.3. The summed E-state index contributed by atoms with van der Waals surface area (Å²) in [6, 6.07) is 5.02. The van der Waals surface area contributed by atoms with Crippen molar-refractivity contribution in [3.8, 4) is 0 Å². The number of nitrogens with one attached hydrogen (secondary N) is 1. The van der Waals surface area contributed by atoms with Crippen LogP contribution >= 0.6 is 0 Å². The number of likely N-dealkylation sites (N-methyl/N-ethyl adjacent to an activating group) is 1. The van der Waals surface area contributed by atoms with Gasteiger partial charge in [0.2, 0.25) is 0 Å². The van der Waals surface area contributed by atoms with Gasteiger partial charge in [-0.25, -0.2) is 0 Å². The molecule has 0 amide bonds. The highest BCUT2D eigenvalue weighted by Gasteiger charge is 2.37. The number of rotatable bonds is 6. The molecule has 0 aliphatic heterocycles. The molecule has 0 saturated heterocycles. The van der Waals surface area contributed by atoms with Crippen LogP contribution in [0.2, 0.25) is 0 Å². The Morgan fingerprint density at radius 1 is 1.29 bits per heavy atom. The number of hydrogen-bond donors (Lipinski definition) is 1. The molecule has 118 valence electrons. The first kappa shape index (κ1) is 16.5. The van der Waals surface area contributed by atoms with Crippen LogP contribution in [-0.4, -0.2) is 17.6 Å². The summed E-state index contributed by atoms with van der Waals surface area (Å²) >= 11 is 0. The Balaban J connectivity index is 2.10. The Labute approximate surface area is 130 Å². The molecular formula is C19H32N2. The van der Waals surface area contributed by atoms with Gasteiger partial charge in [-0.3, -0.25) is 4.98 Å². The average molecular weight is 288 g/mol. The highest BCUT2D eigenvalue weighted by Crippen LogP contribution is 2.42. The molecule has 2 heteroatoms. The molecule has 0 spiro atoms. The summed E-state index contributed by atoms with van der Waals surface area (Å²) in [6.45, 7) is 10.4. The van der Waals surface area contributed by atoms with E-state index in [9.17, 15) is 0 Å². The molecule has 1 saturated carbocycles. The third-order valence-corrected chi connectivity index (χ3v) is 5.27. The normalized spacial score (nSPS) is 23.0. The topological polar surface area (TPSA) is 24.9 Å². The molecule has 2 rings (SSSR count). The molecule has 1 aromatic heterocycles. The van der Waals surface area contributed by atoms with E-state index in [0.29, 0.717) is 11.5 Å². The van der Waals surface area contributed by atoms with Gasteiger partial charge in [-0.05, 0) is 48.8 Å². The Morgan fingerprint density at radius 2 is 2.10 bits per heavy atom. The van der Waals surface area contributed by atoms with Gasteiger partial charge in [-0.2, -0.15) is 0 Å². The van der Waals surface area contributed by atoms with Crippen molar-refractivity contribution in [2.75, 3.05) is 6.54 Å². The first-order chi connectivity index (χ1) is 10.1. The van der Waals surface area contributed by atoms with E-state index in [1.807, 2.05) is 6.20 Å². The van der Waals surface area contributed by atoms with Crippen LogP contribution in [0.4, 0.5) is 0 Å². The fourth-order valence-electron chi connectivity index (χ4n) is 3.90. The summed E-state index contributed by atoms with van der Waals surface area (Å²) in [6.07, 6.45) is 9.68. The zero-order valence-corrected chi connectivity index (χ0v) is 14.3. The third kappa shape index (κ3) is 4.29. The Morgan fingerprint density at radius 3 is 2.67 bits per heavy atom. The standard InChI is InChI=1S/C19H32N2/c1-5-15-10-11-16(21-14-15)13-18(20-6-2)17-9-7-8-12-19(17,3)4/h10-11,14,17-18,20H,5-9,12-13H2,1-4H3. The maximum atomic E-state index is 4.67. The van der Waals surface area contributed by atoms with Crippen molar-refractivity contribution in [1.29, 1.82) is 0 Å². The third-order valence-electron chi connectivity index (χ3n) is 5.27. The average Bonchev–Trinajstić information content (AvgIpc) is 2.47. The maximum Gasteiger partial charge on any atom is 0.0419 e. The predicted molar refractivity (Wildman–Crippen MR) is 90.5 cm³/mol. The fourth-order valence-corrected chi connectivity index (χ4v) is 3.90. The van der Waals surface area contributed by atoms with Gasteiger partial charge in [0.15, 0.2) is 0 Å². The molecule has 1 heterocycles. The van der Waals surface area contributed by atoms with Crippen LogP contribution in [0, 0.1) is 11.3 Å². The Bertz CT molecular complexity index is 422. The quantitative estimate of drug-likeness (QED) is 0.840. The van der Waals surface area contributed by atoms with Gasteiger partial charge in [-0.15, -0.1) is 0 Å². The molecular weight excluding hydrogens is 256 g/mol. The first-order valence-electron chi connectivity index (χ1n) is 8.74. The minimum absolute atomic E-state index is 0.453. The minimum Gasteiger partial charge on any atom is -0.314 e. The maximum absolute atomic E-state index is 4.67. The highest BCUT2D eigenvalue weighted by molar-refractivity contribution is 5.15. The largest absolute Gasteiger partial charge is 0.314 e. The second-order valence-corrected chi connectivity index (χ2v) is 7.22. The molecule has 2 nitrogen and oxygen atoms in total. The fraction of sp³-hybridized carbons (Fsp3) is 0.737. The summed E-state index contributed by atoms with van der Waals surface area (Å²) in [7, 11) is 0. The second kappa shape index (κ2) is 7.40. The van der Waals surface area contributed by atoms with Gasteiger partial charge >= 0.3 is 0 Å². The van der Waals surface area contributed by atoms with Crippen molar-refractivity contribution in [2.24, 2.45) is 11.3 Å². The van der Waals surface area contributed by atoms with Crippen molar-refractivity contribution < 1.29 is 0 Å². The van der Waals surface area contributed by atoms with Gasteiger partial charge in [-0.1, -0.05) is 46.6 Å². The van der Waals surface area contributed by atoms with Gasteiger partial charge in [0.25, 0.3) is 0 Å². The number of hydrogen-bond acceptors (Lipinski definition) is 2. The van der Waals surface area contributed by atoms with Crippen LogP contribution in [0.1, 0.15) is 64.6 Å². The first-order valence-corrected chi connectivity index (χ1v) is 8.74. The number of nitrogens with zero attached hydrogens (tertiary/aromatic N) is 1. The van der Waals surface area contributed by atoms with E-state index in [2.05, 4.69) is 50.1 Å². The van der Waals surface area contributed by atoms with Crippen molar-refractivity contribution in [3.63, 3.8) is 0 Å². The van der Waals surface area contributed by atoms with E-state index in [-0.39, 0.29) is 0 Å². The van der Waals surface area contributed by atoms with Crippen molar-refractivity contribution in [1.82, 2.24) is 10.3 Å². The van der Waals surface area contributed by atoms with E-state index < -0.39 is 0 Å². The summed E-state index contributed by atoms with van der Waals surface area (Å²) in [4.78, 5) is 4.67. The van der Waals surface area contributed by atoms with Crippen LogP contribution in [0.25, 0.3) is 0 Å². The SMILES string of the molecule is CCNC(Cc1ccc(CC)cn1)C1CCCCC1(C)C. The molecule has 1 aliphatic rings. The molecule has 1 aromatic rings. The number of aromatic nitrogens is 1. The summed E-state index contributed by atoms with van der Waals surface area (Å²) in [5.74, 6) is 0.763. The summed E-state index contributed by atoms with van der Waals surface area (Å²) in [5, 5.41) is 3.75. The second-order valence-electron chi connectivity index (χ2n) is 7.22. The lowest BCUT2D eigenvalue weighted by Crippen LogP contribution is -2.46. The summed E-state index contributed by atoms with van der Waals surface area (Å²) in [5.41, 5.74) is 3.02. The van der Waals surface area contributed by atoms with Crippen LogP contribution in [0.5, 0.6) is 0 Å². The summed E-state index contributed by atoms with van der Waals surface area (Å²) < 4.78 is 0. The molecule has 2 unspecified atom stereocenters. The molecule has 21 heavy (non-hydrogen) atoms. The lowest BCUT2D eigenvalue weighted by Gasteiger charge is -2.43. The molecule has 0 bridgehead atoms. The van der Waals surface area contributed by atoms with Crippen LogP contribution < -0.4 is 5.32 Å². The Kier molecular flexibility index (Phi) is 5.80. The van der Waals surface area contributed by atoms with Gasteiger partial charge in [0.1, 0.15) is 0 Å². The molecule has 1 fully saturated rings. The zero-order valence-electron chi connectivity index (χ0n) is 14.3. The smallest absolute Gasteiger partial charge is 0.0419 e. The van der Waals surface area contributed by atoms with Crippen LogP contribution in [-0.2, 0) is 12.8 Å².